The highest BCUT2D eigenvalue weighted by Crippen LogP contribution is 2.23. The van der Waals surface area contributed by atoms with Crippen LogP contribution >= 0.6 is 0 Å². The Kier molecular flexibility index (Phi) is 4.59. The fourth-order valence-electron chi connectivity index (χ4n) is 2.17. The van der Waals surface area contributed by atoms with Crippen LogP contribution in [0.4, 0.5) is 0 Å². The van der Waals surface area contributed by atoms with Crippen LogP contribution in [0.2, 0.25) is 0 Å². The van der Waals surface area contributed by atoms with E-state index in [1.165, 1.54) is 19.8 Å². The average molecular weight is 212 g/mol. The molecule has 0 aliphatic heterocycles. The molecular formula is C11H20N2O2. The lowest BCUT2D eigenvalue weighted by Crippen LogP contribution is -2.42. The summed E-state index contributed by atoms with van der Waals surface area (Å²) in [5.41, 5.74) is 0. The lowest BCUT2D eigenvalue weighted by atomic mass is 10.2. The fraction of sp³-hybridized carbons (Fsp3) is 0.818. The van der Waals surface area contributed by atoms with Crippen LogP contribution in [0.15, 0.2) is 0 Å². The molecular weight excluding hydrogens is 192 g/mol. The quantitative estimate of drug-likeness (QED) is 0.753. The number of carbonyl (C=O) groups excluding carboxylic acids is 2. The maximum Gasteiger partial charge on any atom is 0.219 e. The zero-order valence-electron chi connectivity index (χ0n) is 9.58. The molecule has 0 saturated heterocycles. The number of hydrogen-bond donors (Lipinski definition) is 1. The van der Waals surface area contributed by atoms with Gasteiger partial charge in [-0.25, -0.2) is 0 Å². The third-order valence-corrected chi connectivity index (χ3v) is 2.90. The van der Waals surface area contributed by atoms with Crippen LogP contribution < -0.4 is 5.32 Å². The van der Waals surface area contributed by atoms with E-state index < -0.39 is 0 Å². The standard InChI is InChI=1S/C11H20N2O2/c1-9(14)12-7-8-13(10(2)15)11-5-3-4-6-11/h11H,3-8H2,1-2H3,(H,12,14). The van der Waals surface area contributed by atoms with Crippen LogP contribution in [0.3, 0.4) is 0 Å². The summed E-state index contributed by atoms with van der Waals surface area (Å²) in [7, 11) is 0. The number of carbonyl (C=O) groups is 2. The summed E-state index contributed by atoms with van der Waals surface area (Å²) < 4.78 is 0. The van der Waals surface area contributed by atoms with Crippen molar-refractivity contribution in [1.82, 2.24) is 10.2 Å². The third-order valence-electron chi connectivity index (χ3n) is 2.90. The van der Waals surface area contributed by atoms with Crippen LogP contribution in [-0.4, -0.2) is 35.8 Å². The molecule has 1 aliphatic carbocycles. The highest BCUT2D eigenvalue weighted by Gasteiger charge is 2.23. The molecule has 0 aromatic rings. The third kappa shape index (κ3) is 3.90. The molecule has 0 aromatic carbocycles. The van der Waals surface area contributed by atoms with Gasteiger partial charge in [0.1, 0.15) is 0 Å². The number of amides is 2. The number of nitrogens with one attached hydrogen (secondary N) is 1. The molecule has 15 heavy (non-hydrogen) atoms. The lowest BCUT2D eigenvalue weighted by Gasteiger charge is -2.27. The minimum atomic E-state index is -0.0371. The molecule has 0 atom stereocenters. The van der Waals surface area contributed by atoms with Crippen LogP contribution in [0, 0.1) is 0 Å². The van der Waals surface area contributed by atoms with Gasteiger partial charge in [-0.3, -0.25) is 9.59 Å². The van der Waals surface area contributed by atoms with Gasteiger partial charge in [0.05, 0.1) is 0 Å². The van der Waals surface area contributed by atoms with E-state index in [-0.39, 0.29) is 11.8 Å². The van der Waals surface area contributed by atoms with Gasteiger partial charge >= 0.3 is 0 Å². The van der Waals surface area contributed by atoms with Crippen molar-refractivity contribution in [2.75, 3.05) is 13.1 Å². The first-order chi connectivity index (χ1) is 7.11. The van der Waals surface area contributed by atoms with Crippen LogP contribution in [0.1, 0.15) is 39.5 Å². The first-order valence-corrected chi connectivity index (χ1v) is 5.63. The smallest absolute Gasteiger partial charge is 0.219 e. The van der Waals surface area contributed by atoms with E-state index in [0.717, 1.165) is 12.8 Å². The van der Waals surface area contributed by atoms with Crippen molar-refractivity contribution in [2.24, 2.45) is 0 Å². The molecule has 0 bridgehead atoms. The summed E-state index contributed by atoms with van der Waals surface area (Å²) in [6, 6.07) is 0.399. The predicted molar refractivity (Wildman–Crippen MR) is 58.3 cm³/mol. The molecule has 2 amide bonds. The van der Waals surface area contributed by atoms with E-state index >= 15 is 0 Å². The molecule has 1 fully saturated rings. The Hall–Kier alpha value is -1.06. The van der Waals surface area contributed by atoms with Crippen LogP contribution in [0.25, 0.3) is 0 Å². The molecule has 1 rings (SSSR count). The average Bonchev–Trinajstić information content (AvgIpc) is 2.63. The second-order valence-corrected chi connectivity index (χ2v) is 4.13. The van der Waals surface area contributed by atoms with E-state index in [2.05, 4.69) is 5.32 Å². The van der Waals surface area contributed by atoms with Gasteiger partial charge in [-0.15, -0.1) is 0 Å². The van der Waals surface area contributed by atoms with Crippen molar-refractivity contribution in [1.29, 1.82) is 0 Å². The largest absolute Gasteiger partial charge is 0.355 e. The van der Waals surface area contributed by atoms with E-state index in [0.29, 0.717) is 19.1 Å². The van der Waals surface area contributed by atoms with Crippen molar-refractivity contribution >= 4 is 11.8 Å². The first-order valence-electron chi connectivity index (χ1n) is 5.63. The minimum Gasteiger partial charge on any atom is -0.355 e. The molecule has 0 radical (unpaired) electrons. The highest BCUT2D eigenvalue weighted by atomic mass is 16.2. The van der Waals surface area contributed by atoms with Crippen molar-refractivity contribution in [3.63, 3.8) is 0 Å². The zero-order valence-corrected chi connectivity index (χ0v) is 9.58. The lowest BCUT2D eigenvalue weighted by molar-refractivity contribution is -0.131. The van der Waals surface area contributed by atoms with Gasteiger partial charge in [-0.1, -0.05) is 12.8 Å². The van der Waals surface area contributed by atoms with Gasteiger partial charge in [0.2, 0.25) is 11.8 Å². The Balaban J connectivity index is 2.36. The van der Waals surface area contributed by atoms with Crippen molar-refractivity contribution < 1.29 is 9.59 Å². The van der Waals surface area contributed by atoms with E-state index in [4.69, 9.17) is 0 Å². The minimum absolute atomic E-state index is 0.0371. The molecule has 4 heteroatoms. The monoisotopic (exact) mass is 212 g/mol. The Bertz CT molecular complexity index is 235. The molecule has 0 heterocycles. The highest BCUT2D eigenvalue weighted by molar-refractivity contribution is 5.74. The molecule has 1 aliphatic rings. The molecule has 1 saturated carbocycles. The topological polar surface area (TPSA) is 49.4 Å². The van der Waals surface area contributed by atoms with Gasteiger partial charge in [0.15, 0.2) is 0 Å². The van der Waals surface area contributed by atoms with Crippen molar-refractivity contribution in [3.05, 3.63) is 0 Å². The molecule has 1 N–H and O–H groups in total. The van der Waals surface area contributed by atoms with E-state index in [1.54, 1.807) is 6.92 Å². The summed E-state index contributed by atoms with van der Waals surface area (Å²) in [5.74, 6) is 0.0807. The van der Waals surface area contributed by atoms with Crippen LogP contribution in [-0.2, 0) is 9.59 Å². The van der Waals surface area contributed by atoms with Gasteiger partial charge in [-0.2, -0.15) is 0 Å². The van der Waals surface area contributed by atoms with Gasteiger partial charge in [0, 0.05) is 33.0 Å². The summed E-state index contributed by atoms with van der Waals surface area (Å²) >= 11 is 0. The van der Waals surface area contributed by atoms with Crippen molar-refractivity contribution in [3.8, 4) is 0 Å². The first kappa shape index (κ1) is 12.0. The summed E-state index contributed by atoms with van der Waals surface area (Å²) in [5, 5.41) is 2.72. The Morgan fingerprint density at radius 3 is 2.33 bits per heavy atom. The zero-order chi connectivity index (χ0) is 11.3. The molecule has 4 nitrogen and oxygen atoms in total. The summed E-state index contributed by atoms with van der Waals surface area (Å²) in [6.45, 7) is 4.30. The fourth-order valence-corrected chi connectivity index (χ4v) is 2.17. The molecule has 0 spiro atoms. The van der Waals surface area contributed by atoms with Crippen molar-refractivity contribution in [2.45, 2.75) is 45.6 Å². The van der Waals surface area contributed by atoms with Crippen LogP contribution in [0.5, 0.6) is 0 Å². The Labute approximate surface area is 91.0 Å². The second kappa shape index (κ2) is 5.73. The number of rotatable bonds is 4. The predicted octanol–water partition coefficient (Wildman–Crippen LogP) is 0.914. The normalized spacial score (nSPS) is 16.4. The maximum atomic E-state index is 11.4. The van der Waals surface area contributed by atoms with E-state index in [1.807, 2.05) is 4.90 Å². The number of nitrogens with zero attached hydrogens (tertiary/aromatic N) is 1. The molecule has 0 aromatic heterocycles. The van der Waals surface area contributed by atoms with Gasteiger partial charge in [-0.05, 0) is 12.8 Å². The Morgan fingerprint density at radius 1 is 1.27 bits per heavy atom. The summed E-state index contributed by atoms with van der Waals surface area (Å²) in [6.07, 6.45) is 4.66. The van der Waals surface area contributed by atoms with E-state index in [9.17, 15) is 9.59 Å². The Morgan fingerprint density at radius 2 is 1.87 bits per heavy atom. The van der Waals surface area contributed by atoms with Gasteiger partial charge < -0.3 is 10.2 Å². The second-order valence-electron chi connectivity index (χ2n) is 4.13. The SMILES string of the molecule is CC(=O)NCCN(C(C)=O)C1CCCC1. The number of hydrogen-bond acceptors (Lipinski definition) is 2. The maximum absolute atomic E-state index is 11.4. The van der Waals surface area contributed by atoms with Gasteiger partial charge in [0.25, 0.3) is 0 Å². The molecule has 0 unspecified atom stereocenters. The molecule has 86 valence electrons. The summed E-state index contributed by atoms with van der Waals surface area (Å²) in [4.78, 5) is 24.0.